The Labute approximate surface area is 286 Å². The molecular weight excluding hydrogens is 687 g/mol. The number of fused-ring (bicyclic) bond motifs is 1. The van der Waals surface area contributed by atoms with E-state index >= 15 is 0 Å². The highest BCUT2D eigenvalue weighted by Gasteiger charge is 2.32. The molecule has 3 aromatic heterocycles. The first kappa shape index (κ1) is 34.3. The highest BCUT2D eigenvalue weighted by Crippen LogP contribution is 2.35. The number of hydrogen-bond acceptors (Lipinski definition) is 10. The summed E-state index contributed by atoms with van der Waals surface area (Å²) in [5, 5.41) is 13.3. The summed E-state index contributed by atoms with van der Waals surface area (Å²) in [5.74, 6) is -1.31. The molecule has 1 aromatic carbocycles. The van der Waals surface area contributed by atoms with Crippen LogP contribution in [0.3, 0.4) is 0 Å². The van der Waals surface area contributed by atoms with E-state index in [0.29, 0.717) is 47.3 Å². The zero-order valence-corrected chi connectivity index (χ0v) is 28.0. The van der Waals surface area contributed by atoms with Gasteiger partial charge in [0.25, 0.3) is 5.91 Å². The molecule has 2 amide bonds. The Kier molecular flexibility index (Phi) is 9.64. The van der Waals surface area contributed by atoms with Crippen LogP contribution in [-0.2, 0) is 28.7 Å². The van der Waals surface area contributed by atoms with Crippen LogP contribution >= 0.6 is 22.9 Å². The number of anilines is 2. The molecule has 0 bridgehead atoms. The van der Waals surface area contributed by atoms with Gasteiger partial charge in [-0.15, -0.1) is 0 Å². The Bertz CT molecular complexity index is 2040. The fourth-order valence-electron chi connectivity index (χ4n) is 5.88. The average Bonchev–Trinajstić information content (AvgIpc) is 3.54. The lowest BCUT2D eigenvalue weighted by Gasteiger charge is -2.37. The molecular formula is C32H31ClF3N7O5S. The van der Waals surface area contributed by atoms with Crippen LogP contribution in [0.25, 0.3) is 15.9 Å². The molecule has 2 N–H and O–H groups in total. The molecule has 12 nitrogen and oxygen atoms in total. The Balaban J connectivity index is 1.35. The molecule has 6 rings (SSSR count). The van der Waals surface area contributed by atoms with Crippen molar-refractivity contribution in [2.24, 2.45) is 0 Å². The Morgan fingerprint density at radius 1 is 1.16 bits per heavy atom. The Morgan fingerprint density at radius 2 is 1.92 bits per heavy atom. The molecule has 0 aliphatic carbocycles. The minimum Gasteiger partial charge on any atom is -0.504 e. The number of rotatable bonds is 7. The molecule has 0 spiro atoms. The van der Waals surface area contributed by atoms with Gasteiger partial charge in [0.15, 0.2) is 11.4 Å². The summed E-state index contributed by atoms with van der Waals surface area (Å²) in [7, 11) is 0. The van der Waals surface area contributed by atoms with Gasteiger partial charge < -0.3 is 29.5 Å². The van der Waals surface area contributed by atoms with Crippen LogP contribution < -0.4 is 15.6 Å². The number of benzene rings is 1. The topological polar surface area (TPSA) is 143 Å². The van der Waals surface area contributed by atoms with Crippen LogP contribution in [0.15, 0.2) is 35.4 Å². The van der Waals surface area contributed by atoms with Gasteiger partial charge in [-0.25, -0.2) is 15.0 Å². The van der Waals surface area contributed by atoms with Crippen molar-refractivity contribution in [1.29, 1.82) is 0 Å². The fourth-order valence-corrected chi connectivity index (χ4v) is 7.26. The normalized spacial score (nSPS) is 15.4. The highest BCUT2D eigenvalue weighted by atomic mass is 35.5. The van der Waals surface area contributed by atoms with Crippen molar-refractivity contribution in [3.05, 3.63) is 73.5 Å². The summed E-state index contributed by atoms with van der Waals surface area (Å²) in [4.78, 5) is 57.4. The first-order valence-corrected chi connectivity index (χ1v) is 16.6. The van der Waals surface area contributed by atoms with Gasteiger partial charge in [0, 0.05) is 31.9 Å². The number of alkyl halides is 3. The van der Waals surface area contributed by atoms with E-state index in [4.69, 9.17) is 21.3 Å². The van der Waals surface area contributed by atoms with Crippen molar-refractivity contribution in [3.8, 4) is 5.75 Å². The van der Waals surface area contributed by atoms with Gasteiger partial charge in [-0.3, -0.25) is 14.4 Å². The summed E-state index contributed by atoms with van der Waals surface area (Å²) >= 11 is 7.40. The molecule has 2 aliphatic heterocycles. The van der Waals surface area contributed by atoms with Crippen LogP contribution in [0.4, 0.5) is 24.5 Å². The van der Waals surface area contributed by atoms with Crippen molar-refractivity contribution in [2.45, 2.75) is 39.4 Å². The number of ether oxygens (including phenoxy) is 1. The van der Waals surface area contributed by atoms with Crippen molar-refractivity contribution in [2.75, 3.05) is 49.6 Å². The third-order valence-corrected chi connectivity index (χ3v) is 9.89. The van der Waals surface area contributed by atoms with E-state index in [9.17, 15) is 32.7 Å². The molecule has 0 unspecified atom stereocenters. The number of thiazole rings is 1. The zero-order chi connectivity index (χ0) is 35.0. The van der Waals surface area contributed by atoms with E-state index in [1.807, 2.05) is 17.9 Å². The molecule has 2 aliphatic rings. The first-order valence-electron chi connectivity index (χ1n) is 15.4. The molecule has 4 aromatic rings. The van der Waals surface area contributed by atoms with E-state index in [2.05, 4.69) is 15.3 Å². The van der Waals surface area contributed by atoms with Gasteiger partial charge in [0.2, 0.25) is 11.3 Å². The van der Waals surface area contributed by atoms with Crippen molar-refractivity contribution in [1.82, 2.24) is 24.4 Å². The van der Waals surface area contributed by atoms with Gasteiger partial charge in [-0.2, -0.15) is 13.2 Å². The zero-order valence-electron chi connectivity index (χ0n) is 26.4. The monoisotopic (exact) mass is 717 g/mol. The number of carbonyl (C=O) groups is 2. The van der Waals surface area contributed by atoms with Crippen molar-refractivity contribution in [3.63, 3.8) is 0 Å². The Morgan fingerprint density at radius 3 is 2.57 bits per heavy atom. The number of aryl methyl sites for hydroxylation is 1. The number of aromatic hydroxyl groups is 1. The second kappa shape index (κ2) is 13.8. The average molecular weight is 718 g/mol. The van der Waals surface area contributed by atoms with Crippen molar-refractivity contribution >= 4 is 62.0 Å². The number of hydrogen-bond donors (Lipinski definition) is 2. The lowest BCUT2D eigenvalue weighted by atomic mass is 10.1. The quantitative estimate of drug-likeness (QED) is 0.273. The van der Waals surface area contributed by atoms with Gasteiger partial charge in [0.05, 0.1) is 35.2 Å². The molecule has 0 saturated carbocycles. The van der Waals surface area contributed by atoms with Gasteiger partial charge in [-0.1, -0.05) is 35.9 Å². The summed E-state index contributed by atoms with van der Waals surface area (Å²) < 4.78 is 46.7. The molecule has 17 heteroatoms. The van der Waals surface area contributed by atoms with Gasteiger partial charge in [-0.05, 0) is 43.5 Å². The predicted octanol–water partition coefficient (Wildman–Crippen LogP) is 4.90. The van der Waals surface area contributed by atoms with Crippen LogP contribution in [-0.4, -0.2) is 80.7 Å². The van der Waals surface area contributed by atoms with E-state index in [1.165, 1.54) is 17.7 Å². The van der Waals surface area contributed by atoms with Gasteiger partial charge >= 0.3 is 6.18 Å². The summed E-state index contributed by atoms with van der Waals surface area (Å²) in [6.07, 6.45) is -0.523. The number of nitrogens with zero attached hydrogens (tertiary/aromatic N) is 6. The SMILES string of the molecule is CCc1c(N2CCN(C(=O)c3ncnc(C)c3O)CC2)c(=O)c2nc(C3=CCOCC3)sc2n1CC(=O)Nc1ccc(C(F)(F)F)cc1Cl. The first-order chi connectivity index (χ1) is 23.4. The van der Waals surface area contributed by atoms with Crippen LogP contribution in [0.5, 0.6) is 5.75 Å². The number of pyridine rings is 1. The fraction of sp³-hybridized carbons (Fsp3) is 0.375. The van der Waals surface area contributed by atoms with Gasteiger partial charge in [0.1, 0.15) is 33.9 Å². The second-order valence-corrected chi connectivity index (χ2v) is 12.9. The molecule has 49 heavy (non-hydrogen) atoms. The number of piperazine rings is 1. The molecule has 0 atom stereocenters. The molecule has 0 radical (unpaired) electrons. The number of nitrogens with one attached hydrogen (secondary N) is 1. The van der Waals surface area contributed by atoms with E-state index in [1.54, 1.807) is 16.4 Å². The standard InChI is InChI=1S/C32H31ClF3N7O5S/c1-3-22-26(41-8-10-42(11-9-41)30(47)24-27(45)17(2)37-16-38-24)28(46)25-31(49-29(40-25)18-6-12-48-13-7-18)43(22)15-23(44)39-21-5-4-19(14-20(21)33)32(34,35)36/h4-6,14,16,45H,3,7-13,15H2,1-2H3,(H,39,44). The maximum atomic E-state index is 14.2. The van der Waals surface area contributed by atoms with Crippen LogP contribution in [0.1, 0.15) is 45.8 Å². The lowest BCUT2D eigenvalue weighted by Crippen LogP contribution is -2.50. The molecule has 1 fully saturated rings. The minimum atomic E-state index is -4.60. The lowest BCUT2D eigenvalue weighted by molar-refractivity contribution is -0.137. The number of halogens is 4. The van der Waals surface area contributed by atoms with Crippen LogP contribution in [0, 0.1) is 6.92 Å². The summed E-state index contributed by atoms with van der Waals surface area (Å²) in [6, 6.07) is 2.68. The molecule has 258 valence electrons. The highest BCUT2D eigenvalue weighted by molar-refractivity contribution is 7.19. The van der Waals surface area contributed by atoms with E-state index in [0.717, 1.165) is 23.8 Å². The number of amides is 2. The van der Waals surface area contributed by atoms with Crippen LogP contribution in [0.2, 0.25) is 5.02 Å². The molecule has 1 saturated heterocycles. The number of aromatic nitrogens is 4. The summed E-state index contributed by atoms with van der Waals surface area (Å²) in [6.45, 7) is 5.06. The third kappa shape index (κ3) is 6.85. The van der Waals surface area contributed by atoms with E-state index in [-0.39, 0.29) is 71.5 Å². The largest absolute Gasteiger partial charge is 0.504 e. The van der Waals surface area contributed by atoms with Crippen molar-refractivity contribution < 1.29 is 32.6 Å². The summed E-state index contributed by atoms with van der Waals surface area (Å²) in [5.41, 5.74) is 0.951. The molecule has 5 heterocycles. The maximum absolute atomic E-state index is 14.2. The maximum Gasteiger partial charge on any atom is 0.416 e. The third-order valence-electron chi connectivity index (χ3n) is 8.42. The van der Waals surface area contributed by atoms with E-state index < -0.39 is 23.6 Å². The minimum absolute atomic E-state index is 0.0123. The number of carbonyl (C=O) groups excluding carboxylic acids is 2. The smallest absolute Gasteiger partial charge is 0.416 e. The second-order valence-electron chi connectivity index (χ2n) is 11.5. The Hall–Kier alpha value is -4.54. The predicted molar refractivity (Wildman–Crippen MR) is 178 cm³/mol.